The number of nitrogens with zero attached hydrogens (tertiary/aromatic N) is 6. The van der Waals surface area contributed by atoms with E-state index < -0.39 is 0 Å². The normalized spacial score (nSPS) is 15.8. The summed E-state index contributed by atoms with van der Waals surface area (Å²) < 4.78 is 3.44. The lowest BCUT2D eigenvalue weighted by Crippen LogP contribution is -2.21. The molecular formula is C19H18N6O. The molecular weight excluding hydrogens is 328 g/mol. The number of anilines is 1. The van der Waals surface area contributed by atoms with E-state index in [-0.39, 0.29) is 5.91 Å². The van der Waals surface area contributed by atoms with Crippen LogP contribution in [-0.2, 0) is 18.9 Å². The van der Waals surface area contributed by atoms with Crippen molar-refractivity contribution in [1.29, 1.82) is 0 Å². The lowest BCUT2D eigenvalue weighted by molar-refractivity contribution is -0.114. The van der Waals surface area contributed by atoms with E-state index in [9.17, 15) is 4.79 Å². The number of hydrogen-bond donors (Lipinski definition) is 0. The maximum atomic E-state index is 13.1. The SMILES string of the molecule is Cc1cc(C2=NN(c3ccccc3)C(=O)/C2=C/c2cnn(C)c2)n(C)n1. The Labute approximate surface area is 150 Å². The number of aryl methyl sites for hydroxylation is 3. The van der Waals surface area contributed by atoms with Gasteiger partial charge in [0.05, 0.1) is 28.8 Å². The van der Waals surface area contributed by atoms with Crippen LogP contribution in [0.2, 0.25) is 0 Å². The Morgan fingerprint density at radius 1 is 1.12 bits per heavy atom. The summed E-state index contributed by atoms with van der Waals surface area (Å²) in [4.78, 5) is 13.1. The van der Waals surface area contributed by atoms with Gasteiger partial charge in [0.25, 0.3) is 5.91 Å². The van der Waals surface area contributed by atoms with E-state index in [1.807, 2.05) is 69.7 Å². The second kappa shape index (κ2) is 6.11. The minimum atomic E-state index is -0.172. The van der Waals surface area contributed by atoms with Crippen molar-refractivity contribution < 1.29 is 4.79 Å². The van der Waals surface area contributed by atoms with Crippen molar-refractivity contribution in [1.82, 2.24) is 19.6 Å². The van der Waals surface area contributed by atoms with Crippen LogP contribution in [0.1, 0.15) is 17.0 Å². The Morgan fingerprint density at radius 2 is 1.88 bits per heavy atom. The van der Waals surface area contributed by atoms with Crippen molar-refractivity contribution in [3.05, 3.63) is 71.3 Å². The van der Waals surface area contributed by atoms with Crippen LogP contribution in [0.15, 0.2) is 59.5 Å². The molecule has 0 radical (unpaired) electrons. The minimum Gasteiger partial charge on any atom is -0.275 e. The third-order valence-corrected chi connectivity index (χ3v) is 4.16. The maximum Gasteiger partial charge on any atom is 0.281 e. The summed E-state index contributed by atoms with van der Waals surface area (Å²) in [5.74, 6) is -0.172. The molecule has 2 aromatic heterocycles. The van der Waals surface area contributed by atoms with Gasteiger partial charge in [-0.3, -0.25) is 14.2 Å². The second-order valence-corrected chi connectivity index (χ2v) is 6.20. The molecule has 1 aliphatic heterocycles. The summed E-state index contributed by atoms with van der Waals surface area (Å²) in [5, 5.41) is 14.6. The van der Waals surface area contributed by atoms with E-state index in [0.29, 0.717) is 11.3 Å². The highest BCUT2D eigenvalue weighted by atomic mass is 16.2. The van der Waals surface area contributed by atoms with E-state index in [2.05, 4.69) is 15.3 Å². The molecule has 0 saturated heterocycles. The first-order valence-corrected chi connectivity index (χ1v) is 8.23. The molecule has 1 aromatic carbocycles. The number of hydrazone groups is 1. The molecule has 0 unspecified atom stereocenters. The van der Waals surface area contributed by atoms with Crippen molar-refractivity contribution in [3.63, 3.8) is 0 Å². The van der Waals surface area contributed by atoms with Crippen LogP contribution < -0.4 is 5.01 Å². The fourth-order valence-corrected chi connectivity index (χ4v) is 2.99. The second-order valence-electron chi connectivity index (χ2n) is 6.20. The van der Waals surface area contributed by atoms with Crippen molar-refractivity contribution in [2.45, 2.75) is 6.92 Å². The van der Waals surface area contributed by atoms with Gasteiger partial charge in [-0.15, -0.1) is 0 Å². The molecule has 3 aromatic rings. The van der Waals surface area contributed by atoms with E-state index in [1.54, 1.807) is 15.6 Å². The summed E-state index contributed by atoms with van der Waals surface area (Å²) in [6.07, 6.45) is 5.40. The lowest BCUT2D eigenvalue weighted by Gasteiger charge is -2.10. The first-order valence-electron chi connectivity index (χ1n) is 8.23. The van der Waals surface area contributed by atoms with Crippen molar-refractivity contribution in [2.24, 2.45) is 19.2 Å². The van der Waals surface area contributed by atoms with Gasteiger partial charge < -0.3 is 0 Å². The fraction of sp³-hybridized carbons (Fsp3) is 0.158. The Hall–Kier alpha value is -3.48. The fourth-order valence-electron chi connectivity index (χ4n) is 2.99. The first kappa shape index (κ1) is 16.0. The molecule has 130 valence electrons. The molecule has 7 heteroatoms. The highest BCUT2D eigenvalue weighted by Crippen LogP contribution is 2.27. The number of hydrogen-bond acceptors (Lipinski definition) is 4. The molecule has 0 bridgehead atoms. The molecule has 0 atom stereocenters. The highest BCUT2D eigenvalue weighted by Gasteiger charge is 2.33. The van der Waals surface area contributed by atoms with Gasteiger partial charge in [-0.2, -0.15) is 20.3 Å². The van der Waals surface area contributed by atoms with Crippen molar-refractivity contribution in [3.8, 4) is 0 Å². The summed E-state index contributed by atoms with van der Waals surface area (Å²) in [6.45, 7) is 1.92. The Kier molecular flexibility index (Phi) is 3.76. The molecule has 1 amide bonds. The third kappa shape index (κ3) is 2.73. The van der Waals surface area contributed by atoms with Crippen LogP contribution in [0, 0.1) is 6.92 Å². The minimum absolute atomic E-state index is 0.172. The smallest absolute Gasteiger partial charge is 0.275 e. The zero-order valence-corrected chi connectivity index (χ0v) is 14.8. The predicted molar refractivity (Wildman–Crippen MR) is 99.6 cm³/mol. The maximum absolute atomic E-state index is 13.1. The quantitative estimate of drug-likeness (QED) is 0.683. The van der Waals surface area contributed by atoms with Crippen LogP contribution in [0.25, 0.3) is 6.08 Å². The highest BCUT2D eigenvalue weighted by molar-refractivity contribution is 6.37. The van der Waals surface area contributed by atoms with E-state index in [0.717, 1.165) is 22.6 Å². The molecule has 0 fully saturated rings. The summed E-state index contributed by atoms with van der Waals surface area (Å²) in [5.41, 5.74) is 4.36. The number of para-hydroxylation sites is 1. The van der Waals surface area contributed by atoms with E-state index in [4.69, 9.17) is 0 Å². The summed E-state index contributed by atoms with van der Waals surface area (Å²) in [7, 11) is 3.69. The van der Waals surface area contributed by atoms with Gasteiger partial charge in [-0.25, -0.2) is 0 Å². The number of benzene rings is 1. The molecule has 26 heavy (non-hydrogen) atoms. The van der Waals surface area contributed by atoms with Gasteiger partial charge in [0.2, 0.25) is 0 Å². The van der Waals surface area contributed by atoms with E-state index in [1.165, 1.54) is 5.01 Å². The van der Waals surface area contributed by atoms with Crippen LogP contribution in [0.3, 0.4) is 0 Å². The number of amides is 1. The molecule has 0 spiro atoms. The number of carbonyl (C=O) groups excluding carboxylic acids is 1. The Morgan fingerprint density at radius 3 is 2.50 bits per heavy atom. The van der Waals surface area contributed by atoms with Gasteiger partial charge in [0, 0.05) is 25.9 Å². The van der Waals surface area contributed by atoms with Crippen LogP contribution >= 0.6 is 0 Å². The van der Waals surface area contributed by atoms with Gasteiger partial charge in [-0.1, -0.05) is 18.2 Å². The largest absolute Gasteiger partial charge is 0.281 e. The van der Waals surface area contributed by atoms with Crippen LogP contribution in [0.5, 0.6) is 0 Å². The molecule has 0 saturated carbocycles. The average molecular weight is 346 g/mol. The summed E-state index contributed by atoms with van der Waals surface area (Å²) >= 11 is 0. The number of rotatable bonds is 3. The lowest BCUT2D eigenvalue weighted by atomic mass is 10.1. The van der Waals surface area contributed by atoms with Crippen molar-refractivity contribution in [2.75, 3.05) is 5.01 Å². The zero-order valence-electron chi connectivity index (χ0n) is 14.8. The van der Waals surface area contributed by atoms with Crippen LogP contribution in [-0.4, -0.2) is 31.2 Å². The van der Waals surface area contributed by atoms with Gasteiger partial charge in [-0.05, 0) is 31.2 Å². The van der Waals surface area contributed by atoms with Gasteiger partial charge >= 0.3 is 0 Å². The predicted octanol–water partition coefficient (Wildman–Crippen LogP) is 2.30. The molecule has 4 rings (SSSR count). The number of carbonyl (C=O) groups is 1. The third-order valence-electron chi connectivity index (χ3n) is 4.16. The number of aromatic nitrogens is 4. The average Bonchev–Trinajstić information content (AvgIpc) is 3.28. The van der Waals surface area contributed by atoms with Crippen molar-refractivity contribution >= 4 is 23.4 Å². The Bertz CT molecular complexity index is 1040. The molecule has 0 aliphatic carbocycles. The monoisotopic (exact) mass is 346 g/mol. The molecule has 1 aliphatic rings. The van der Waals surface area contributed by atoms with Gasteiger partial charge in [0.15, 0.2) is 0 Å². The first-order chi connectivity index (χ1) is 12.5. The summed E-state index contributed by atoms with van der Waals surface area (Å²) in [6, 6.07) is 11.3. The standard InChI is InChI=1S/C19H18N6O/c1-13-9-17(24(3)21-13)18-16(10-14-11-20-23(2)12-14)19(26)25(22-18)15-7-5-4-6-8-15/h4-12H,1-3H3/b16-10+. The zero-order chi connectivity index (χ0) is 18.3. The van der Waals surface area contributed by atoms with Crippen LogP contribution in [0.4, 0.5) is 5.69 Å². The molecule has 7 nitrogen and oxygen atoms in total. The topological polar surface area (TPSA) is 68.3 Å². The van der Waals surface area contributed by atoms with Gasteiger partial charge in [0.1, 0.15) is 5.71 Å². The Balaban J connectivity index is 1.86. The molecule has 0 N–H and O–H groups in total. The molecule has 3 heterocycles. The van der Waals surface area contributed by atoms with E-state index >= 15 is 0 Å².